The first-order chi connectivity index (χ1) is 10.7. The molecule has 1 unspecified atom stereocenters. The van der Waals surface area contributed by atoms with E-state index < -0.39 is 0 Å². The molecule has 2 aliphatic rings. The van der Waals surface area contributed by atoms with Gasteiger partial charge in [0.05, 0.1) is 6.04 Å². The highest BCUT2D eigenvalue weighted by atomic mass is 32.2. The van der Waals surface area contributed by atoms with E-state index in [1.165, 1.54) is 30.0 Å². The Balaban J connectivity index is 1.40. The van der Waals surface area contributed by atoms with E-state index >= 15 is 0 Å². The van der Waals surface area contributed by atoms with E-state index in [4.69, 9.17) is 0 Å². The van der Waals surface area contributed by atoms with Crippen molar-refractivity contribution in [1.29, 1.82) is 0 Å². The Morgan fingerprint density at radius 3 is 2.77 bits per heavy atom. The number of hydrogen-bond donors (Lipinski definition) is 2. The van der Waals surface area contributed by atoms with E-state index in [0.717, 1.165) is 31.5 Å². The molecule has 2 N–H and O–H groups in total. The molecule has 1 atom stereocenters. The molecule has 1 saturated carbocycles. The number of carbonyl (C=O) groups excluding carboxylic acids is 1. The van der Waals surface area contributed by atoms with Crippen LogP contribution in [0.1, 0.15) is 50.6 Å². The maximum absolute atomic E-state index is 12.3. The van der Waals surface area contributed by atoms with E-state index in [-0.39, 0.29) is 11.9 Å². The van der Waals surface area contributed by atoms with Crippen LogP contribution < -0.4 is 10.6 Å². The van der Waals surface area contributed by atoms with Crippen LogP contribution in [0.2, 0.25) is 0 Å². The molecular weight excluding hydrogens is 314 g/mol. The number of amides is 1. The van der Waals surface area contributed by atoms with Gasteiger partial charge in [-0.3, -0.25) is 4.79 Å². The minimum absolute atomic E-state index is 0.0409. The SMILES string of the molecule is Cc1csc(SC2CCC(NC(=O)C3CCCCN3)CC2)n1. The van der Waals surface area contributed by atoms with Gasteiger partial charge in [0.2, 0.25) is 5.91 Å². The Bertz CT molecular complexity index is 491. The molecule has 0 bridgehead atoms. The third-order valence-corrected chi connectivity index (χ3v) is 6.94. The van der Waals surface area contributed by atoms with Crippen LogP contribution in [0.25, 0.3) is 0 Å². The minimum atomic E-state index is 0.0409. The van der Waals surface area contributed by atoms with Crippen molar-refractivity contribution < 1.29 is 4.79 Å². The minimum Gasteiger partial charge on any atom is -0.352 e. The van der Waals surface area contributed by atoms with Crippen LogP contribution in [0.15, 0.2) is 9.72 Å². The predicted octanol–water partition coefficient (Wildman–Crippen LogP) is 3.11. The van der Waals surface area contributed by atoms with E-state index in [1.807, 2.05) is 18.7 Å². The smallest absolute Gasteiger partial charge is 0.237 e. The number of hydrogen-bond acceptors (Lipinski definition) is 5. The largest absolute Gasteiger partial charge is 0.352 e. The van der Waals surface area contributed by atoms with Crippen LogP contribution >= 0.6 is 23.1 Å². The van der Waals surface area contributed by atoms with Crippen LogP contribution in [0.4, 0.5) is 0 Å². The summed E-state index contributed by atoms with van der Waals surface area (Å²) in [7, 11) is 0. The van der Waals surface area contributed by atoms with Crippen LogP contribution in [-0.2, 0) is 4.79 Å². The monoisotopic (exact) mass is 339 g/mol. The van der Waals surface area contributed by atoms with E-state index in [1.54, 1.807) is 11.3 Å². The summed E-state index contributed by atoms with van der Waals surface area (Å²) in [5.74, 6) is 0.214. The highest BCUT2D eigenvalue weighted by Crippen LogP contribution is 2.35. The molecule has 1 aromatic rings. The quantitative estimate of drug-likeness (QED) is 0.885. The van der Waals surface area contributed by atoms with Gasteiger partial charge < -0.3 is 10.6 Å². The average molecular weight is 340 g/mol. The van der Waals surface area contributed by atoms with E-state index in [2.05, 4.69) is 21.0 Å². The number of aryl methyl sites for hydroxylation is 1. The Hall–Kier alpha value is -0.590. The van der Waals surface area contributed by atoms with Gasteiger partial charge in [-0.1, -0.05) is 18.2 Å². The van der Waals surface area contributed by atoms with E-state index in [9.17, 15) is 4.79 Å². The lowest BCUT2D eigenvalue weighted by atomic mass is 9.94. The fourth-order valence-electron chi connectivity index (χ4n) is 3.23. The van der Waals surface area contributed by atoms with E-state index in [0.29, 0.717) is 11.3 Å². The first-order valence-electron chi connectivity index (χ1n) is 8.33. The second-order valence-corrected chi connectivity index (χ2v) is 8.76. The molecule has 3 rings (SSSR count). The fraction of sp³-hybridized carbons (Fsp3) is 0.750. The molecule has 1 amide bonds. The Morgan fingerprint density at radius 2 is 2.14 bits per heavy atom. The number of thioether (sulfide) groups is 1. The molecule has 1 aliphatic heterocycles. The Labute approximate surface area is 140 Å². The molecule has 0 spiro atoms. The molecule has 1 aromatic heterocycles. The molecule has 22 heavy (non-hydrogen) atoms. The van der Waals surface area contributed by atoms with Crippen molar-refractivity contribution >= 4 is 29.0 Å². The zero-order valence-corrected chi connectivity index (χ0v) is 14.8. The van der Waals surface area contributed by atoms with Crippen molar-refractivity contribution in [2.75, 3.05) is 6.54 Å². The number of piperidine rings is 1. The van der Waals surface area contributed by atoms with Gasteiger partial charge in [0, 0.05) is 22.4 Å². The molecule has 6 heteroatoms. The highest BCUT2D eigenvalue weighted by molar-refractivity contribution is 8.01. The zero-order valence-electron chi connectivity index (χ0n) is 13.1. The molecule has 122 valence electrons. The second-order valence-electron chi connectivity index (χ2n) is 6.36. The summed E-state index contributed by atoms with van der Waals surface area (Å²) in [5, 5.41) is 9.36. The van der Waals surface area contributed by atoms with Crippen LogP contribution in [0.3, 0.4) is 0 Å². The van der Waals surface area contributed by atoms with Crippen molar-refractivity contribution in [3.05, 3.63) is 11.1 Å². The standard InChI is InChI=1S/C16H25N3OS2/c1-11-10-21-16(18-11)22-13-7-5-12(6-8-13)19-15(20)14-4-2-3-9-17-14/h10,12-14,17H,2-9H2,1H3,(H,19,20). The lowest BCUT2D eigenvalue weighted by Gasteiger charge is -2.30. The maximum atomic E-state index is 12.3. The van der Waals surface area contributed by atoms with Crippen LogP contribution in [0, 0.1) is 6.92 Å². The molecule has 0 radical (unpaired) electrons. The number of nitrogens with zero attached hydrogens (tertiary/aromatic N) is 1. The van der Waals surface area contributed by atoms with Crippen LogP contribution in [0.5, 0.6) is 0 Å². The summed E-state index contributed by atoms with van der Waals surface area (Å²) < 4.78 is 1.19. The summed E-state index contributed by atoms with van der Waals surface area (Å²) in [6.45, 7) is 3.03. The topological polar surface area (TPSA) is 54.0 Å². The molecule has 1 aliphatic carbocycles. The van der Waals surface area contributed by atoms with Gasteiger partial charge >= 0.3 is 0 Å². The Morgan fingerprint density at radius 1 is 1.32 bits per heavy atom. The predicted molar refractivity (Wildman–Crippen MR) is 92.5 cm³/mol. The molecule has 1 saturated heterocycles. The van der Waals surface area contributed by atoms with Gasteiger partial charge in [0.25, 0.3) is 0 Å². The molecule has 0 aromatic carbocycles. The third-order valence-electron chi connectivity index (χ3n) is 4.51. The summed E-state index contributed by atoms with van der Waals surface area (Å²) >= 11 is 3.66. The lowest BCUT2D eigenvalue weighted by Crippen LogP contribution is -2.50. The van der Waals surface area contributed by atoms with Crippen molar-refractivity contribution in [3.8, 4) is 0 Å². The maximum Gasteiger partial charge on any atom is 0.237 e. The van der Waals surface area contributed by atoms with Gasteiger partial charge in [0.1, 0.15) is 4.34 Å². The van der Waals surface area contributed by atoms with Crippen molar-refractivity contribution in [2.45, 2.75) is 73.5 Å². The van der Waals surface area contributed by atoms with Gasteiger partial charge in [-0.15, -0.1) is 11.3 Å². The summed E-state index contributed by atoms with van der Waals surface area (Å²) in [4.78, 5) is 16.8. The summed E-state index contributed by atoms with van der Waals surface area (Å²) in [6.07, 6.45) is 7.89. The average Bonchev–Trinajstić information content (AvgIpc) is 2.95. The van der Waals surface area contributed by atoms with Gasteiger partial charge in [-0.25, -0.2) is 4.98 Å². The van der Waals surface area contributed by atoms with Crippen molar-refractivity contribution in [3.63, 3.8) is 0 Å². The summed E-state index contributed by atoms with van der Waals surface area (Å²) in [5.41, 5.74) is 1.12. The Kier molecular flexibility index (Phi) is 5.77. The van der Waals surface area contributed by atoms with Gasteiger partial charge in [-0.05, 0) is 52.0 Å². The molecule has 4 nitrogen and oxygen atoms in total. The zero-order chi connectivity index (χ0) is 15.4. The third kappa shape index (κ3) is 4.46. The fourth-order valence-corrected chi connectivity index (χ4v) is 5.52. The molecule has 2 fully saturated rings. The first kappa shape index (κ1) is 16.3. The lowest BCUT2D eigenvalue weighted by molar-refractivity contribution is -0.124. The summed E-state index contributed by atoms with van der Waals surface area (Å²) in [6, 6.07) is 0.408. The molecular formula is C16H25N3OS2. The van der Waals surface area contributed by atoms with Gasteiger partial charge in [-0.2, -0.15) is 0 Å². The van der Waals surface area contributed by atoms with Crippen molar-refractivity contribution in [2.24, 2.45) is 0 Å². The second kappa shape index (κ2) is 7.79. The highest BCUT2D eigenvalue weighted by Gasteiger charge is 2.27. The van der Waals surface area contributed by atoms with Crippen LogP contribution in [-0.4, -0.2) is 34.8 Å². The van der Waals surface area contributed by atoms with Gasteiger partial charge in [0.15, 0.2) is 0 Å². The number of carbonyl (C=O) groups is 1. The number of thiazole rings is 1. The number of rotatable bonds is 4. The number of nitrogens with one attached hydrogen (secondary N) is 2. The molecule has 2 heterocycles. The normalized spacial score (nSPS) is 29.2. The first-order valence-corrected chi connectivity index (χ1v) is 10.1. The van der Waals surface area contributed by atoms with Crippen molar-refractivity contribution in [1.82, 2.24) is 15.6 Å². The number of aromatic nitrogens is 1.